The summed E-state index contributed by atoms with van der Waals surface area (Å²) in [6, 6.07) is 6.01. The minimum atomic E-state index is -0.496. The molecule has 2 heterocycles. The van der Waals surface area contributed by atoms with Gasteiger partial charge in [0.15, 0.2) is 0 Å². The average molecular weight is 317 g/mol. The van der Waals surface area contributed by atoms with Crippen molar-refractivity contribution in [3.05, 3.63) is 46.7 Å². The van der Waals surface area contributed by atoms with Crippen LogP contribution in [0.1, 0.15) is 37.8 Å². The van der Waals surface area contributed by atoms with Crippen molar-refractivity contribution in [3.63, 3.8) is 0 Å². The Hall–Kier alpha value is -1.58. The van der Waals surface area contributed by atoms with Gasteiger partial charge in [-0.1, -0.05) is 18.5 Å². The molecule has 0 bridgehead atoms. The molecule has 0 saturated heterocycles. The lowest BCUT2D eigenvalue weighted by atomic mass is 9.77. The molecule has 2 atom stereocenters. The average Bonchev–Trinajstić information content (AvgIpc) is 2.49. The van der Waals surface area contributed by atoms with Gasteiger partial charge in [0.1, 0.15) is 0 Å². The molecule has 1 aliphatic heterocycles. The second-order valence-corrected chi connectivity index (χ2v) is 7.04. The first-order valence-electron chi connectivity index (χ1n) is 7.52. The van der Waals surface area contributed by atoms with Crippen molar-refractivity contribution in [3.8, 4) is 11.1 Å². The Morgan fingerprint density at radius 3 is 2.55 bits per heavy atom. The van der Waals surface area contributed by atoms with Crippen LogP contribution in [0.5, 0.6) is 0 Å². The van der Waals surface area contributed by atoms with Gasteiger partial charge in [-0.05, 0) is 50.1 Å². The number of aryl methyl sites for hydroxylation is 1. The number of hydrogen-bond donors (Lipinski definition) is 2. The first-order chi connectivity index (χ1) is 10.3. The first-order valence-corrected chi connectivity index (χ1v) is 7.90. The number of benzene rings is 1. The van der Waals surface area contributed by atoms with Crippen molar-refractivity contribution in [2.45, 2.75) is 45.3 Å². The maximum atomic E-state index is 10.6. The Kier molecular flexibility index (Phi) is 3.66. The van der Waals surface area contributed by atoms with Crippen molar-refractivity contribution in [2.24, 2.45) is 0 Å². The molecule has 0 amide bonds. The molecule has 1 aromatic heterocycles. The van der Waals surface area contributed by atoms with Crippen LogP contribution in [-0.2, 0) is 0 Å². The molecule has 0 saturated carbocycles. The Balaban J connectivity index is 2.24. The van der Waals surface area contributed by atoms with E-state index < -0.39 is 6.10 Å². The van der Waals surface area contributed by atoms with Crippen molar-refractivity contribution < 1.29 is 5.11 Å². The molecule has 3 rings (SSSR count). The van der Waals surface area contributed by atoms with Gasteiger partial charge in [0.2, 0.25) is 0 Å². The van der Waals surface area contributed by atoms with Gasteiger partial charge in [0.05, 0.1) is 16.7 Å². The zero-order chi connectivity index (χ0) is 16.1. The van der Waals surface area contributed by atoms with E-state index in [1.807, 2.05) is 32.9 Å². The standard InChI is InChI=1S/C18H21ClN2O/c1-10-9-13(12-5-7-20-8-6-12)15(19)14-11(2)17(22)18(3,4)21-16(10)14/h5-9,11,17,21-22H,1-4H3/t11-,17+/m1/s1. The second-order valence-electron chi connectivity index (χ2n) is 6.66. The molecular formula is C18H21ClN2O. The molecule has 2 N–H and O–H groups in total. The Bertz CT molecular complexity index is 713. The number of hydrogen-bond acceptors (Lipinski definition) is 3. The summed E-state index contributed by atoms with van der Waals surface area (Å²) < 4.78 is 0. The highest BCUT2D eigenvalue weighted by molar-refractivity contribution is 6.34. The fourth-order valence-corrected chi connectivity index (χ4v) is 3.76. The minimum absolute atomic E-state index is 0.0285. The van der Waals surface area contributed by atoms with Crippen LogP contribution >= 0.6 is 11.6 Å². The molecular weight excluding hydrogens is 296 g/mol. The number of anilines is 1. The molecule has 2 aromatic rings. The summed E-state index contributed by atoms with van der Waals surface area (Å²) in [5.41, 5.74) is 4.83. The smallest absolute Gasteiger partial charge is 0.0831 e. The van der Waals surface area contributed by atoms with E-state index in [0.717, 1.165) is 27.9 Å². The van der Waals surface area contributed by atoms with Crippen LogP contribution in [-0.4, -0.2) is 21.7 Å². The number of aliphatic hydroxyl groups is 1. The van der Waals surface area contributed by atoms with Crippen LogP contribution in [0.15, 0.2) is 30.6 Å². The Morgan fingerprint density at radius 2 is 1.91 bits per heavy atom. The monoisotopic (exact) mass is 316 g/mol. The summed E-state index contributed by atoms with van der Waals surface area (Å²) in [5.74, 6) is -0.0285. The Morgan fingerprint density at radius 1 is 1.27 bits per heavy atom. The third-order valence-electron chi connectivity index (χ3n) is 4.60. The molecule has 1 aliphatic rings. The molecule has 0 spiro atoms. The van der Waals surface area contributed by atoms with Crippen molar-refractivity contribution >= 4 is 17.3 Å². The van der Waals surface area contributed by atoms with Gasteiger partial charge in [0.25, 0.3) is 0 Å². The number of halogens is 1. The molecule has 0 radical (unpaired) electrons. The molecule has 0 unspecified atom stereocenters. The van der Waals surface area contributed by atoms with Crippen molar-refractivity contribution in [1.29, 1.82) is 0 Å². The second kappa shape index (κ2) is 5.25. The fourth-order valence-electron chi connectivity index (χ4n) is 3.33. The number of pyridine rings is 1. The summed E-state index contributed by atoms with van der Waals surface area (Å²) in [6.45, 7) is 8.14. The highest BCUT2D eigenvalue weighted by Crippen LogP contribution is 2.47. The van der Waals surface area contributed by atoms with Crippen molar-refractivity contribution in [2.75, 3.05) is 5.32 Å². The number of aromatic nitrogens is 1. The van der Waals surface area contributed by atoms with Crippen LogP contribution in [0.2, 0.25) is 5.02 Å². The molecule has 22 heavy (non-hydrogen) atoms. The predicted octanol–water partition coefficient (Wildman–Crippen LogP) is 4.38. The van der Waals surface area contributed by atoms with E-state index >= 15 is 0 Å². The zero-order valence-electron chi connectivity index (χ0n) is 13.3. The quantitative estimate of drug-likeness (QED) is 0.820. The molecule has 0 aliphatic carbocycles. The highest BCUT2D eigenvalue weighted by Gasteiger charge is 2.40. The predicted molar refractivity (Wildman–Crippen MR) is 91.5 cm³/mol. The van der Waals surface area contributed by atoms with E-state index in [1.54, 1.807) is 12.4 Å². The van der Waals surface area contributed by atoms with E-state index in [-0.39, 0.29) is 11.5 Å². The van der Waals surface area contributed by atoms with Gasteiger partial charge < -0.3 is 10.4 Å². The lowest BCUT2D eigenvalue weighted by molar-refractivity contribution is 0.0869. The maximum Gasteiger partial charge on any atom is 0.0831 e. The number of nitrogens with one attached hydrogen (secondary N) is 1. The lowest BCUT2D eigenvalue weighted by Crippen LogP contribution is -2.50. The van der Waals surface area contributed by atoms with E-state index in [9.17, 15) is 5.11 Å². The van der Waals surface area contributed by atoms with E-state index in [1.165, 1.54) is 0 Å². The number of rotatable bonds is 1. The van der Waals surface area contributed by atoms with Crippen LogP contribution in [0.3, 0.4) is 0 Å². The van der Waals surface area contributed by atoms with Crippen LogP contribution in [0, 0.1) is 6.92 Å². The number of fused-ring (bicyclic) bond motifs is 1. The molecule has 1 aromatic carbocycles. The van der Waals surface area contributed by atoms with Gasteiger partial charge in [-0.25, -0.2) is 0 Å². The van der Waals surface area contributed by atoms with Crippen molar-refractivity contribution in [1.82, 2.24) is 4.98 Å². The molecule has 4 heteroatoms. The van der Waals surface area contributed by atoms with Gasteiger partial charge in [-0.15, -0.1) is 0 Å². The largest absolute Gasteiger partial charge is 0.390 e. The lowest BCUT2D eigenvalue weighted by Gasteiger charge is -2.43. The van der Waals surface area contributed by atoms with Gasteiger partial charge in [-0.2, -0.15) is 0 Å². The number of nitrogens with zero attached hydrogens (tertiary/aromatic N) is 1. The zero-order valence-corrected chi connectivity index (χ0v) is 14.1. The summed E-state index contributed by atoms with van der Waals surface area (Å²) >= 11 is 6.71. The highest BCUT2D eigenvalue weighted by atomic mass is 35.5. The van der Waals surface area contributed by atoms with E-state index in [4.69, 9.17) is 11.6 Å². The van der Waals surface area contributed by atoms with Gasteiger partial charge in [0, 0.05) is 35.1 Å². The summed E-state index contributed by atoms with van der Waals surface area (Å²) in [6.07, 6.45) is 3.03. The third-order valence-corrected chi connectivity index (χ3v) is 5.01. The number of aliphatic hydroxyl groups excluding tert-OH is 1. The maximum absolute atomic E-state index is 10.6. The first kappa shape index (κ1) is 15.3. The topological polar surface area (TPSA) is 45.2 Å². The summed E-state index contributed by atoms with van der Waals surface area (Å²) in [4.78, 5) is 4.06. The molecule has 116 valence electrons. The third kappa shape index (κ3) is 2.29. The van der Waals surface area contributed by atoms with Gasteiger partial charge >= 0.3 is 0 Å². The fraction of sp³-hybridized carbons (Fsp3) is 0.389. The van der Waals surface area contributed by atoms with Gasteiger partial charge in [-0.3, -0.25) is 4.98 Å². The van der Waals surface area contributed by atoms with E-state index in [0.29, 0.717) is 5.02 Å². The summed E-state index contributed by atoms with van der Waals surface area (Å²) in [5, 5.41) is 14.8. The molecule has 0 fully saturated rings. The SMILES string of the molecule is Cc1cc(-c2ccncc2)c(Cl)c2c1NC(C)(C)[C@@H](O)[C@@H]2C. The Labute approximate surface area is 136 Å². The van der Waals surface area contributed by atoms with E-state index in [2.05, 4.69) is 23.3 Å². The minimum Gasteiger partial charge on any atom is -0.390 e. The summed E-state index contributed by atoms with van der Waals surface area (Å²) in [7, 11) is 0. The molecule has 3 nitrogen and oxygen atoms in total. The van der Waals surface area contributed by atoms with Crippen LogP contribution in [0.4, 0.5) is 5.69 Å². The normalized spacial score (nSPS) is 22.8. The van der Waals surface area contributed by atoms with Crippen LogP contribution in [0.25, 0.3) is 11.1 Å². The van der Waals surface area contributed by atoms with Crippen LogP contribution < -0.4 is 5.32 Å².